The third-order valence-corrected chi connectivity index (χ3v) is 10.4. The first-order chi connectivity index (χ1) is 22.4. The average Bonchev–Trinajstić information content (AvgIpc) is 3.47. The number of pyridine rings is 1. The molecule has 2 saturated carbocycles. The number of fused-ring (bicyclic) bond motifs is 5. The molecule has 4 aromatic heterocycles. The van der Waals surface area contributed by atoms with Crippen molar-refractivity contribution >= 4 is 38.9 Å². The largest absolute Gasteiger partial charge is 0.494 e. The maximum Gasteiger partial charge on any atom is 0.258 e. The maximum absolute atomic E-state index is 13.7. The number of H-pyrrole nitrogens is 1. The predicted molar refractivity (Wildman–Crippen MR) is 176 cm³/mol. The summed E-state index contributed by atoms with van der Waals surface area (Å²) in [6, 6.07) is 15.8. The standard InChI is InChI=1S/C35H34N8O3/c1-41-31-26(12-22(14-29(31)46-2)35(45)43-16-21-7-10-27(43)30(21)36)40-33(41)28-13-20-6-9-24(39-32(20)42(28)15-18-3-4-18)19-5-8-23-25(11-19)37-17-38-34(23)44/h5-6,8-9,11-14,17-18,21,27,30H,3-4,7,10,15-16,36H2,1-2H3,(H,37,38,44)/t21?,27?,30-/m1/s1. The molecular weight excluding hydrogens is 580 g/mol. The lowest BCUT2D eigenvalue weighted by Gasteiger charge is -2.27. The van der Waals surface area contributed by atoms with Gasteiger partial charge in [-0.05, 0) is 80.0 Å². The number of nitrogens with one attached hydrogen (secondary N) is 1. The molecule has 2 unspecified atom stereocenters. The molecule has 1 amide bonds. The Bertz CT molecular complexity index is 2280. The number of imidazole rings is 1. The normalized spacial score (nSPS) is 20.8. The highest BCUT2D eigenvalue weighted by molar-refractivity contribution is 6.00. The van der Waals surface area contributed by atoms with Gasteiger partial charge in [0, 0.05) is 48.7 Å². The van der Waals surface area contributed by atoms with Crippen molar-refractivity contribution in [1.82, 2.24) is 34.0 Å². The third kappa shape index (κ3) is 4.11. The van der Waals surface area contributed by atoms with Crippen LogP contribution >= 0.6 is 0 Å². The Labute approximate surface area is 264 Å². The lowest BCUT2D eigenvalue weighted by molar-refractivity contribution is 0.0700. The summed E-state index contributed by atoms with van der Waals surface area (Å²) in [6.07, 6.45) is 5.85. The van der Waals surface area contributed by atoms with Crippen LogP contribution in [-0.4, -0.2) is 65.6 Å². The van der Waals surface area contributed by atoms with Crippen molar-refractivity contribution in [3.63, 3.8) is 0 Å². The van der Waals surface area contributed by atoms with Crippen LogP contribution in [0.3, 0.4) is 0 Å². The number of hydrogen-bond acceptors (Lipinski definition) is 7. The number of nitrogens with zero attached hydrogens (tertiary/aromatic N) is 6. The molecule has 2 aromatic carbocycles. The minimum Gasteiger partial charge on any atom is -0.494 e. The summed E-state index contributed by atoms with van der Waals surface area (Å²) in [5.41, 5.74) is 12.6. The first-order valence-corrected chi connectivity index (χ1v) is 16.0. The Balaban J connectivity index is 1.16. The van der Waals surface area contributed by atoms with Crippen molar-refractivity contribution in [1.29, 1.82) is 0 Å². The molecule has 0 spiro atoms. The number of aryl methyl sites for hydroxylation is 1. The van der Waals surface area contributed by atoms with Crippen LogP contribution in [-0.2, 0) is 13.6 Å². The number of hydrogen-bond donors (Lipinski definition) is 2. The Kier molecular flexibility index (Phi) is 5.92. The quantitative estimate of drug-likeness (QED) is 0.282. The molecule has 0 radical (unpaired) electrons. The van der Waals surface area contributed by atoms with Crippen LogP contribution in [0.2, 0.25) is 0 Å². The van der Waals surface area contributed by atoms with Gasteiger partial charge in [-0.15, -0.1) is 0 Å². The third-order valence-electron chi connectivity index (χ3n) is 10.4. The van der Waals surface area contributed by atoms with E-state index in [4.69, 9.17) is 20.4 Å². The Morgan fingerprint density at radius 3 is 2.67 bits per heavy atom. The monoisotopic (exact) mass is 614 g/mol. The maximum atomic E-state index is 13.7. The number of nitrogens with two attached hydrogens (primary N) is 1. The zero-order valence-electron chi connectivity index (χ0n) is 25.7. The molecule has 5 heterocycles. The average molecular weight is 615 g/mol. The summed E-state index contributed by atoms with van der Waals surface area (Å²) in [6.45, 7) is 1.55. The number of rotatable bonds is 6. The fourth-order valence-corrected chi connectivity index (χ4v) is 7.71. The van der Waals surface area contributed by atoms with Gasteiger partial charge in [-0.25, -0.2) is 15.0 Å². The Morgan fingerprint density at radius 2 is 1.91 bits per heavy atom. The second-order valence-electron chi connectivity index (χ2n) is 13.1. The van der Waals surface area contributed by atoms with Crippen LogP contribution in [0.1, 0.15) is 36.0 Å². The molecule has 1 saturated heterocycles. The SMILES string of the molecule is COc1cc(C(=O)N2CC3CCC2[C@@H]3N)cc2nc(-c3cc4ccc(-c5ccc6c(=O)[nH]cnc6c5)nc4n3CC3CC3)n(C)c12. The molecule has 6 aromatic rings. The second-order valence-corrected chi connectivity index (χ2v) is 13.1. The van der Waals surface area contributed by atoms with Gasteiger partial charge in [0.1, 0.15) is 16.9 Å². The van der Waals surface area contributed by atoms with Gasteiger partial charge in [0.25, 0.3) is 11.5 Å². The van der Waals surface area contributed by atoms with E-state index in [9.17, 15) is 9.59 Å². The van der Waals surface area contributed by atoms with Crippen molar-refractivity contribution < 1.29 is 9.53 Å². The summed E-state index contributed by atoms with van der Waals surface area (Å²) in [7, 11) is 3.63. The fourth-order valence-electron chi connectivity index (χ4n) is 7.71. The molecule has 9 rings (SSSR count). The molecule has 232 valence electrons. The molecule has 2 aliphatic carbocycles. The Hall–Kier alpha value is -5.03. The number of likely N-dealkylation sites (tertiary alicyclic amines) is 1. The van der Waals surface area contributed by atoms with Crippen LogP contribution in [0.25, 0.3) is 55.7 Å². The summed E-state index contributed by atoms with van der Waals surface area (Å²) >= 11 is 0. The lowest BCUT2D eigenvalue weighted by Crippen LogP contribution is -2.41. The highest BCUT2D eigenvalue weighted by atomic mass is 16.5. The van der Waals surface area contributed by atoms with Crippen LogP contribution in [0.5, 0.6) is 5.75 Å². The van der Waals surface area contributed by atoms with Gasteiger partial charge >= 0.3 is 0 Å². The summed E-state index contributed by atoms with van der Waals surface area (Å²) < 4.78 is 10.2. The van der Waals surface area contributed by atoms with Gasteiger partial charge < -0.3 is 29.5 Å². The van der Waals surface area contributed by atoms with Gasteiger partial charge in [-0.1, -0.05) is 6.07 Å². The van der Waals surface area contributed by atoms with Crippen molar-refractivity contribution in [2.45, 2.75) is 44.3 Å². The Morgan fingerprint density at radius 1 is 1.04 bits per heavy atom. The summed E-state index contributed by atoms with van der Waals surface area (Å²) in [5.74, 6) is 2.36. The van der Waals surface area contributed by atoms with Gasteiger partial charge in [0.2, 0.25) is 0 Å². The van der Waals surface area contributed by atoms with Crippen LogP contribution in [0, 0.1) is 11.8 Å². The van der Waals surface area contributed by atoms with Crippen LogP contribution in [0.4, 0.5) is 0 Å². The number of benzene rings is 2. The highest BCUT2D eigenvalue weighted by Crippen LogP contribution is 2.40. The van der Waals surface area contributed by atoms with E-state index in [1.807, 2.05) is 42.3 Å². The number of ether oxygens (including phenoxy) is 1. The summed E-state index contributed by atoms with van der Waals surface area (Å²) in [4.78, 5) is 45.2. The number of carbonyl (C=O) groups is 1. The van der Waals surface area contributed by atoms with Crippen molar-refractivity contribution in [3.05, 3.63) is 70.8 Å². The smallest absolute Gasteiger partial charge is 0.258 e. The van der Waals surface area contributed by atoms with E-state index in [0.717, 1.165) is 58.7 Å². The number of aromatic nitrogens is 6. The molecule has 3 N–H and O–H groups in total. The van der Waals surface area contributed by atoms with E-state index in [1.54, 1.807) is 13.2 Å². The zero-order chi connectivity index (χ0) is 31.3. The molecule has 2 bridgehead atoms. The second kappa shape index (κ2) is 9.98. The van der Waals surface area contributed by atoms with Crippen LogP contribution < -0.4 is 16.0 Å². The van der Waals surface area contributed by atoms with E-state index >= 15 is 0 Å². The van der Waals surface area contributed by atoms with Crippen molar-refractivity contribution in [3.8, 4) is 28.5 Å². The zero-order valence-corrected chi connectivity index (χ0v) is 25.7. The molecule has 3 fully saturated rings. The number of methoxy groups -OCH3 is 1. The van der Waals surface area contributed by atoms with E-state index in [0.29, 0.717) is 46.1 Å². The molecule has 11 nitrogen and oxygen atoms in total. The first kappa shape index (κ1) is 27.3. The number of carbonyl (C=O) groups excluding carboxylic acids is 1. The fraction of sp³-hybridized carbons (Fsp3) is 0.343. The van der Waals surface area contributed by atoms with Gasteiger partial charge in [-0.2, -0.15) is 0 Å². The first-order valence-electron chi connectivity index (χ1n) is 16.0. The predicted octanol–water partition coefficient (Wildman–Crippen LogP) is 4.47. The van der Waals surface area contributed by atoms with E-state index in [-0.39, 0.29) is 23.6 Å². The number of amides is 1. The number of piperidine rings is 1. The summed E-state index contributed by atoms with van der Waals surface area (Å²) in [5, 5.41) is 1.56. The molecule has 3 atom stereocenters. The minimum absolute atomic E-state index is 0.0110. The van der Waals surface area contributed by atoms with Gasteiger partial charge in [0.15, 0.2) is 5.82 Å². The van der Waals surface area contributed by atoms with Crippen molar-refractivity contribution in [2.24, 2.45) is 24.6 Å². The molecule has 1 aliphatic heterocycles. The molecular formula is C35H34N8O3. The van der Waals surface area contributed by atoms with E-state index in [1.165, 1.54) is 19.2 Å². The van der Waals surface area contributed by atoms with Gasteiger partial charge in [-0.3, -0.25) is 9.59 Å². The lowest BCUT2D eigenvalue weighted by atomic mass is 10.1. The van der Waals surface area contributed by atoms with E-state index in [2.05, 4.69) is 31.2 Å². The minimum atomic E-state index is -0.161. The van der Waals surface area contributed by atoms with E-state index < -0.39 is 0 Å². The van der Waals surface area contributed by atoms with Crippen molar-refractivity contribution in [2.75, 3.05) is 13.7 Å². The molecule has 46 heavy (non-hydrogen) atoms. The number of aromatic amines is 1. The highest BCUT2D eigenvalue weighted by Gasteiger charge is 2.47. The van der Waals surface area contributed by atoms with Gasteiger partial charge in [0.05, 0.1) is 41.2 Å². The topological polar surface area (TPSA) is 137 Å². The molecule has 11 heteroatoms. The van der Waals surface area contributed by atoms with Crippen LogP contribution in [0.15, 0.2) is 59.7 Å². The molecule has 3 aliphatic rings.